The highest BCUT2D eigenvalue weighted by molar-refractivity contribution is 6.31. The molecule has 4 nitrogen and oxygen atoms in total. The Morgan fingerprint density at radius 2 is 1.92 bits per heavy atom. The van der Waals surface area contributed by atoms with E-state index in [1.54, 1.807) is 30.3 Å². The molecule has 1 aromatic heterocycles. The van der Waals surface area contributed by atoms with E-state index in [1.807, 2.05) is 18.2 Å². The van der Waals surface area contributed by atoms with Crippen molar-refractivity contribution >= 4 is 28.4 Å². The number of halogens is 1. The van der Waals surface area contributed by atoms with Crippen LogP contribution in [0.25, 0.3) is 11.0 Å². The Kier molecular flexibility index (Phi) is 3.62. The van der Waals surface area contributed by atoms with Gasteiger partial charge in [0.2, 0.25) is 0 Å². The third-order valence-electron chi connectivity index (χ3n) is 4.22. The summed E-state index contributed by atoms with van der Waals surface area (Å²) in [6, 6.07) is 14.0. The zero-order valence-electron chi connectivity index (χ0n) is 12.6. The molecule has 0 N–H and O–H groups in total. The predicted molar refractivity (Wildman–Crippen MR) is 91.0 cm³/mol. The maximum atomic E-state index is 12.6. The maximum absolute atomic E-state index is 12.6. The highest BCUT2D eigenvalue weighted by Gasteiger charge is 2.30. The number of ether oxygens (including phenoxy) is 1. The van der Waals surface area contributed by atoms with Crippen molar-refractivity contribution in [2.75, 3.05) is 6.61 Å². The molecule has 0 amide bonds. The van der Waals surface area contributed by atoms with Crippen LogP contribution in [0, 0.1) is 5.92 Å². The van der Waals surface area contributed by atoms with Crippen molar-refractivity contribution in [3.8, 4) is 5.75 Å². The summed E-state index contributed by atoms with van der Waals surface area (Å²) in [4.78, 5) is 24.9. The maximum Gasteiger partial charge on any atom is 0.343 e. The normalized spacial score (nSPS) is 16.5. The largest absolute Gasteiger partial charge is 0.491 e. The zero-order valence-corrected chi connectivity index (χ0v) is 13.4. The first-order chi connectivity index (χ1) is 11.6. The van der Waals surface area contributed by atoms with Crippen LogP contribution in [0.2, 0.25) is 5.02 Å². The van der Waals surface area contributed by atoms with E-state index in [0.29, 0.717) is 39.3 Å². The van der Waals surface area contributed by atoms with Gasteiger partial charge in [-0.1, -0.05) is 41.9 Å². The fourth-order valence-electron chi connectivity index (χ4n) is 3.02. The summed E-state index contributed by atoms with van der Waals surface area (Å²) in [5.41, 5.74) is 0.967. The lowest BCUT2D eigenvalue weighted by Gasteiger charge is -2.24. The summed E-state index contributed by atoms with van der Waals surface area (Å²) in [5.74, 6) is 0.0344. The van der Waals surface area contributed by atoms with E-state index in [2.05, 4.69) is 0 Å². The van der Waals surface area contributed by atoms with Crippen LogP contribution in [0.5, 0.6) is 5.75 Å². The topological polar surface area (TPSA) is 56.5 Å². The first-order valence-electron chi connectivity index (χ1n) is 7.61. The fraction of sp³-hybridized carbons (Fsp3) is 0.158. The van der Waals surface area contributed by atoms with Crippen molar-refractivity contribution < 1.29 is 13.9 Å². The molecule has 4 rings (SSSR count). The second-order valence-electron chi connectivity index (χ2n) is 5.78. The van der Waals surface area contributed by atoms with Crippen LogP contribution in [0.1, 0.15) is 15.9 Å². The lowest BCUT2D eigenvalue weighted by atomic mass is 9.90. The van der Waals surface area contributed by atoms with Crippen molar-refractivity contribution in [3.05, 3.63) is 75.1 Å². The molecule has 0 aliphatic carbocycles. The molecule has 2 heterocycles. The van der Waals surface area contributed by atoms with Gasteiger partial charge >= 0.3 is 5.63 Å². The third-order valence-corrected chi connectivity index (χ3v) is 4.45. The van der Waals surface area contributed by atoms with Crippen LogP contribution in [-0.4, -0.2) is 12.4 Å². The van der Waals surface area contributed by atoms with Gasteiger partial charge < -0.3 is 9.15 Å². The Bertz CT molecular complexity index is 991. The van der Waals surface area contributed by atoms with Gasteiger partial charge in [0, 0.05) is 10.6 Å². The van der Waals surface area contributed by atoms with E-state index < -0.39 is 11.5 Å². The van der Waals surface area contributed by atoms with Crippen LogP contribution < -0.4 is 10.4 Å². The molecule has 1 unspecified atom stereocenters. The van der Waals surface area contributed by atoms with Crippen molar-refractivity contribution in [2.24, 2.45) is 5.92 Å². The van der Waals surface area contributed by atoms with Gasteiger partial charge in [-0.2, -0.15) is 0 Å². The first kappa shape index (κ1) is 15.0. The quantitative estimate of drug-likeness (QED) is 0.524. The van der Waals surface area contributed by atoms with E-state index in [4.69, 9.17) is 20.8 Å². The Labute approximate surface area is 142 Å². The monoisotopic (exact) mass is 340 g/mol. The van der Waals surface area contributed by atoms with Gasteiger partial charge in [-0.05, 0) is 24.6 Å². The average molecular weight is 341 g/mol. The molecule has 0 bridgehead atoms. The van der Waals surface area contributed by atoms with Gasteiger partial charge in [0.25, 0.3) is 0 Å². The standard InChI is InChI=1S/C19H13ClO4/c20-13-6-7-16-14(9-13)18-15(19(22)24-16)8-12(10-23-18)17(21)11-4-2-1-3-5-11/h1-7,9,12H,8,10H2. The lowest BCUT2D eigenvalue weighted by Crippen LogP contribution is -2.31. The minimum atomic E-state index is -0.467. The molecule has 1 aliphatic rings. The second-order valence-corrected chi connectivity index (χ2v) is 6.22. The Hall–Kier alpha value is -2.59. The van der Waals surface area contributed by atoms with Crippen molar-refractivity contribution in [3.63, 3.8) is 0 Å². The molecule has 24 heavy (non-hydrogen) atoms. The minimum absolute atomic E-state index is 0.0353. The average Bonchev–Trinajstić information content (AvgIpc) is 2.62. The molecule has 3 aromatic rings. The van der Waals surface area contributed by atoms with Gasteiger partial charge in [-0.3, -0.25) is 4.79 Å². The molecule has 0 spiro atoms. The molecule has 2 aromatic carbocycles. The Balaban J connectivity index is 1.76. The fourth-order valence-corrected chi connectivity index (χ4v) is 3.19. The third kappa shape index (κ3) is 2.49. The molecule has 120 valence electrons. The summed E-state index contributed by atoms with van der Waals surface area (Å²) >= 11 is 6.03. The van der Waals surface area contributed by atoms with E-state index in [0.717, 1.165) is 0 Å². The number of carbonyl (C=O) groups is 1. The summed E-state index contributed by atoms with van der Waals surface area (Å²) < 4.78 is 11.1. The number of Topliss-reactive ketones (excluding diaryl/α,β-unsaturated/α-hetero) is 1. The molecule has 0 radical (unpaired) electrons. The summed E-state index contributed by atoms with van der Waals surface area (Å²) in [6.45, 7) is 0.228. The number of carbonyl (C=O) groups excluding carboxylic acids is 1. The van der Waals surface area contributed by atoms with Gasteiger partial charge in [0.05, 0.1) is 23.5 Å². The molecular formula is C19H13ClO4. The highest BCUT2D eigenvalue weighted by Crippen LogP contribution is 2.34. The van der Waals surface area contributed by atoms with Gasteiger partial charge in [0.15, 0.2) is 5.78 Å². The number of hydrogen-bond donors (Lipinski definition) is 0. The van der Waals surface area contributed by atoms with Crippen molar-refractivity contribution in [1.82, 2.24) is 0 Å². The summed E-state index contributed by atoms with van der Waals surface area (Å²) in [6.07, 6.45) is 0.299. The van der Waals surface area contributed by atoms with Gasteiger partial charge in [-0.15, -0.1) is 0 Å². The first-order valence-corrected chi connectivity index (χ1v) is 7.98. The van der Waals surface area contributed by atoms with E-state index >= 15 is 0 Å². The van der Waals surface area contributed by atoms with E-state index in [9.17, 15) is 9.59 Å². The van der Waals surface area contributed by atoms with Crippen LogP contribution >= 0.6 is 11.6 Å². The molecule has 0 saturated carbocycles. The smallest absolute Gasteiger partial charge is 0.343 e. The lowest BCUT2D eigenvalue weighted by molar-refractivity contribution is 0.0854. The molecule has 1 atom stereocenters. The minimum Gasteiger partial charge on any atom is -0.491 e. The Morgan fingerprint density at radius 3 is 2.71 bits per heavy atom. The van der Waals surface area contributed by atoms with Crippen LogP contribution in [0.3, 0.4) is 0 Å². The molecule has 1 aliphatic heterocycles. The predicted octanol–water partition coefficient (Wildman–Crippen LogP) is 3.88. The van der Waals surface area contributed by atoms with E-state index in [1.165, 1.54) is 0 Å². The Morgan fingerprint density at radius 1 is 1.12 bits per heavy atom. The van der Waals surface area contributed by atoms with Gasteiger partial charge in [0.1, 0.15) is 11.3 Å². The van der Waals surface area contributed by atoms with Crippen LogP contribution in [0.15, 0.2) is 57.7 Å². The van der Waals surface area contributed by atoms with Crippen LogP contribution in [0.4, 0.5) is 0 Å². The van der Waals surface area contributed by atoms with E-state index in [-0.39, 0.29) is 12.4 Å². The molecular weight excluding hydrogens is 328 g/mol. The zero-order chi connectivity index (χ0) is 16.7. The number of fused-ring (bicyclic) bond motifs is 3. The highest BCUT2D eigenvalue weighted by atomic mass is 35.5. The van der Waals surface area contributed by atoms with Crippen molar-refractivity contribution in [1.29, 1.82) is 0 Å². The van der Waals surface area contributed by atoms with Gasteiger partial charge in [-0.25, -0.2) is 4.79 Å². The summed E-state index contributed by atoms with van der Waals surface area (Å²) in [7, 11) is 0. The van der Waals surface area contributed by atoms with Crippen molar-refractivity contribution in [2.45, 2.75) is 6.42 Å². The number of rotatable bonds is 2. The molecule has 0 saturated heterocycles. The SMILES string of the molecule is O=C(c1ccccc1)C1COc2c(c(=O)oc3ccc(Cl)cc23)C1. The number of benzene rings is 2. The van der Waals surface area contributed by atoms with Crippen LogP contribution in [-0.2, 0) is 6.42 Å². The number of ketones is 1. The number of hydrogen-bond acceptors (Lipinski definition) is 4. The molecule has 0 fully saturated rings. The molecule has 5 heteroatoms. The summed E-state index contributed by atoms with van der Waals surface area (Å²) in [5, 5.41) is 1.19. The second kappa shape index (κ2) is 5.80.